The molecule has 28 heavy (non-hydrogen) atoms. The minimum atomic E-state index is -4.38. The first-order valence-electron chi connectivity index (χ1n) is 8.41. The normalized spacial score (nSPS) is 11.2. The van der Waals surface area contributed by atoms with Crippen LogP contribution in [0.2, 0.25) is 0 Å². The number of urea groups is 1. The number of hydrogen-bond acceptors (Lipinski definition) is 2. The molecule has 146 valence electrons. The van der Waals surface area contributed by atoms with Gasteiger partial charge >= 0.3 is 12.2 Å². The van der Waals surface area contributed by atoms with Crippen LogP contribution in [0.4, 0.5) is 18.0 Å². The second-order valence-corrected chi connectivity index (χ2v) is 6.03. The molecule has 0 unspecified atom stereocenters. The fraction of sp³-hybridized carbons (Fsp3) is 0.158. The van der Waals surface area contributed by atoms with Crippen molar-refractivity contribution < 1.29 is 22.8 Å². The van der Waals surface area contributed by atoms with Crippen LogP contribution in [0.15, 0.2) is 54.7 Å². The maximum absolute atomic E-state index is 12.5. The third-order valence-corrected chi connectivity index (χ3v) is 4.10. The lowest BCUT2D eigenvalue weighted by Gasteiger charge is -2.10. The minimum absolute atomic E-state index is 0.195. The maximum atomic E-state index is 12.5. The Bertz CT molecular complexity index is 981. The van der Waals surface area contributed by atoms with Gasteiger partial charge < -0.3 is 10.3 Å². The van der Waals surface area contributed by atoms with Gasteiger partial charge in [-0.05, 0) is 30.2 Å². The largest absolute Gasteiger partial charge is 0.416 e. The van der Waals surface area contributed by atoms with Gasteiger partial charge in [0.25, 0.3) is 5.91 Å². The lowest BCUT2D eigenvalue weighted by molar-refractivity contribution is -0.137. The molecule has 0 atom stereocenters. The summed E-state index contributed by atoms with van der Waals surface area (Å²) in [6, 6.07) is 11.3. The van der Waals surface area contributed by atoms with E-state index in [1.807, 2.05) is 12.1 Å². The third kappa shape index (κ3) is 4.61. The second-order valence-electron chi connectivity index (χ2n) is 6.03. The molecule has 0 aliphatic heterocycles. The van der Waals surface area contributed by atoms with E-state index >= 15 is 0 Å². The Morgan fingerprint density at radius 2 is 1.68 bits per heavy atom. The number of H-pyrrole nitrogens is 1. The molecule has 4 N–H and O–H groups in total. The Balaban J connectivity index is 1.44. The molecule has 2 aromatic carbocycles. The SMILES string of the molecule is O=C(NCCc1ccc(C(F)(F)F)cc1)NNC(=O)c1c[nH]c2ccccc12. The number of aromatic amines is 1. The summed E-state index contributed by atoms with van der Waals surface area (Å²) in [5.74, 6) is -0.477. The number of aromatic nitrogens is 1. The monoisotopic (exact) mass is 390 g/mol. The van der Waals surface area contributed by atoms with Crippen molar-refractivity contribution in [1.82, 2.24) is 21.2 Å². The summed E-state index contributed by atoms with van der Waals surface area (Å²) >= 11 is 0. The van der Waals surface area contributed by atoms with Gasteiger partial charge in [0.1, 0.15) is 0 Å². The number of benzene rings is 2. The van der Waals surface area contributed by atoms with Crippen LogP contribution in [0.5, 0.6) is 0 Å². The number of alkyl halides is 3. The maximum Gasteiger partial charge on any atom is 0.416 e. The van der Waals surface area contributed by atoms with Gasteiger partial charge in [-0.2, -0.15) is 13.2 Å². The van der Waals surface area contributed by atoms with E-state index in [0.29, 0.717) is 17.5 Å². The van der Waals surface area contributed by atoms with Gasteiger partial charge in [0.15, 0.2) is 0 Å². The van der Waals surface area contributed by atoms with E-state index in [1.165, 1.54) is 12.1 Å². The number of rotatable bonds is 4. The quantitative estimate of drug-likeness (QED) is 0.515. The Labute approximate surface area is 158 Å². The van der Waals surface area contributed by atoms with E-state index in [9.17, 15) is 22.8 Å². The zero-order chi connectivity index (χ0) is 20.1. The van der Waals surface area contributed by atoms with Crippen molar-refractivity contribution in [3.05, 3.63) is 71.4 Å². The fourth-order valence-corrected chi connectivity index (χ4v) is 2.67. The van der Waals surface area contributed by atoms with Crippen molar-refractivity contribution in [1.29, 1.82) is 0 Å². The number of amides is 3. The summed E-state index contributed by atoms with van der Waals surface area (Å²) in [4.78, 5) is 26.9. The highest BCUT2D eigenvalue weighted by Crippen LogP contribution is 2.29. The number of hydrogen-bond donors (Lipinski definition) is 4. The lowest BCUT2D eigenvalue weighted by atomic mass is 10.1. The lowest BCUT2D eigenvalue weighted by Crippen LogP contribution is -2.47. The van der Waals surface area contributed by atoms with Gasteiger partial charge in [0.2, 0.25) is 0 Å². The highest BCUT2D eigenvalue weighted by molar-refractivity contribution is 6.07. The third-order valence-electron chi connectivity index (χ3n) is 4.10. The summed E-state index contributed by atoms with van der Waals surface area (Å²) < 4.78 is 37.5. The molecule has 0 bridgehead atoms. The molecule has 0 spiro atoms. The Morgan fingerprint density at radius 3 is 2.39 bits per heavy atom. The van der Waals surface area contributed by atoms with Gasteiger partial charge in [0, 0.05) is 23.6 Å². The molecule has 3 rings (SSSR count). The smallest absolute Gasteiger partial charge is 0.360 e. The van der Waals surface area contributed by atoms with Gasteiger partial charge in [-0.3, -0.25) is 10.2 Å². The highest BCUT2D eigenvalue weighted by atomic mass is 19.4. The van der Waals surface area contributed by atoms with E-state index in [2.05, 4.69) is 21.2 Å². The molecule has 6 nitrogen and oxygen atoms in total. The van der Waals surface area contributed by atoms with Crippen LogP contribution >= 0.6 is 0 Å². The summed E-state index contributed by atoms with van der Waals surface area (Å²) in [5.41, 5.74) is 5.66. The predicted molar refractivity (Wildman–Crippen MR) is 97.4 cm³/mol. The standard InChI is InChI=1S/C19H17F3N4O2/c20-19(21,22)13-7-5-12(6-8-13)9-10-23-18(28)26-25-17(27)15-11-24-16-4-2-1-3-14(15)16/h1-8,11,24H,9-10H2,(H,25,27)(H2,23,26,28). The first kappa shape index (κ1) is 19.3. The van der Waals surface area contributed by atoms with E-state index in [0.717, 1.165) is 23.0 Å². The Hall–Kier alpha value is -3.49. The minimum Gasteiger partial charge on any atom is -0.360 e. The summed E-state index contributed by atoms with van der Waals surface area (Å²) in [7, 11) is 0. The first-order valence-corrected chi connectivity index (χ1v) is 8.41. The molecule has 0 aliphatic carbocycles. The summed E-state index contributed by atoms with van der Waals surface area (Å²) in [6.07, 6.45) is -2.48. The predicted octanol–water partition coefficient (Wildman–Crippen LogP) is 3.37. The average Bonchev–Trinajstić information content (AvgIpc) is 3.10. The average molecular weight is 390 g/mol. The molecule has 9 heteroatoms. The van der Waals surface area contributed by atoms with Gasteiger partial charge in [-0.25, -0.2) is 10.2 Å². The number of halogens is 3. The summed E-state index contributed by atoms with van der Waals surface area (Å²) in [6.45, 7) is 0.195. The molecule has 1 aromatic heterocycles. The van der Waals surface area contributed by atoms with Crippen LogP contribution in [0.1, 0.15) is 21.5 Å². The molecule has 0 saturated heterocycles. The van der Waals surface area contributed by atoms with Gasteiger partial charge in [0.05, 0.1) is 11.1 Å². The van der Waals surface area contributed by atoms with E-state index in [-0.39, 0.29) is 6.54 Å². The molecule has 0 saturated carbocycles. The van der Waals surface area contributed by atoms with E-state index in [1.54, 1.807) is 18.3 Å². The molecule has 0 aliphatic rings. The Kier molecular flexibility index (Phi) is 5.53. The highest BCUT2D eigenvalue weighted by Gasteiger charge is 2.29. The van der Waals surface area contributed by atoms with Crippen molar-refractivity contribution in [2.75, 3.05) is 6.54 Å². The number of carbonyl (C=O) groups excluding carboxylic acids is 2. The van der Waals surface area contributed by atoms with Crippen molar-refractivity contribution in [2.45, 2.75) is 12.6 Å². The number of carbonyl (C=O) groups is 2. The molecule has 0 fully saturated rings. The zero-order valence-corrected chi connectivity index (χ0v) is 14.6. The van der Waals surface area contributed by atoms with Crippen LogP contribution in [-0.2, 0) is 12.6 Å². The molecule has 3 amide bonds. The van der Waals surface area contributed by atoms with Crippen LogP contribution in [0.25, 0.3) is 10.9 Å². The zero-order valence-electron chi connectivity index (χ0n) is 14.6. The van der Waals surface area contributed by atoms with Crippen LogP contribution in [-0.4, -0.2) is 23.5 Å². The fourth-order valence-electron chi connectivity index (χ4n) is 2.67. The number of fused-ring (bicyclic) bond motifs is 1. The van der Waals surface area contributed by atoms with Crippen molar-refractivity contribution >= 4 is 22.8 Å². The van der Waals surface area contributed by atoms with Crippen molar-refractivity contribution in [3.63, 3.8) is 0 Å². The van der Waals surface area contributed by atoms with Crippen molar-refractivity contribution in [2.24, 2.45) is 0 Å². The number of nitrogens with one attached hydrogen (secondary N) is 4. The van der Waals surface area contributed by atoms with Gasteiger partial charge in [-0.1, -0.05) is 30.3 Å². The molecular weight excluding hydrogens is 373 g/mol. The van der Waals surface area contributed by atoms with Crippen LogP contribution in [0.3, 0.4) is 0 Å². The van der Waals surface area contributed by atoms with Crippen LogP contribution in [0, 0.1) is 0 Å². The first-order chi connectivity index (χ1) is 13.3. The van der Waals surface area contributed by atoms with Crippen LogP contribution < -0.4 is 16.2 Å². The molecular formula is C19H17F3N4O2. The second kappa shape index (κ2) is 8.03. The van der Waals surface area contributed by atoms with E-state index < -0.39 is 23.7 Å². The van der Waals surface area contributed by atoms with Crippen molar-refractivity contribution in [3.8, 4) is 0 Å². The molecule has 1 heterocycles. The Morgan fingerprint density at radius 1 is 0.964 bits per heavy atom. The van der Waals surface area contributed by atoms with E-state index in [4.69, 9.17) is 0 Å². The topological polar surface area (TPSA) is 86.0 Å². The molecule has 0 radical (unpaired) electrons. The number of hydrazine groups is 1. The molecule has 3 aromatic rings. The number of para-hydroxylation sites is 1. The summed E-state index contributed by atoms with van der Waals surface area (Å²) in [5, 5.41) is 3.25. The van der Waals surface area contributed by atoms with Gasteiger partial charge in [-0.15, -0.1) is 0 Å².